The van der Waals surface area contributed by atoms with E-state index in [1.807, 2.05) is 0 Å². The predicted octanol–water partition coefficient (Wildman–Crippen LogP) is 1.18. The Morgan fingerprint density at radius 3 is 2.78 bits per heavy atom. The van der Waals surface area contributed by atoms with Gasteiger partial charge in [-0.25, -0.2) is 9.48 Å². The van der Waals surface area contributed by atoms with Crippen LogP contribution in [0.2, 0.25) is 0 Å². The molecule has 0 saturated carbocycles. The second-order valence-electron chi connectivity index (χ2n) is 3.53. The van der Waals surface area contributed by atoms with Gasteiger partial charge in [-0.3, -0.25) is 15.1 Å². The minimum Gasteiger partial charge on any atom is -0.478 e. The van der Waals surface area contributed by atoms with Crippen molar-refractivity contribution in [3.8, 4) is 5.69 Å². The smallest absolute Gasteiger partial charge is 0.337 e. The lowest BCUT2D eigenvalue weighted by Gasteiger charge is -2.03. The summed E-state index contributed by atoms with van der Waals surface area (Å²) in [6.07, 6.45) is 3.68. The van der Waals surface area contributed by atoms with Crippen LogP contribution in [0.4, 0.5) is 5.69 Å². The van der Waals surface area contributed by atoms with E-state index in [0.717, 1.165) is 6.20 Å². The molecule has 0 aliphatic rings. The van der Waals surface area contributed by atoms with Crippen molar-refractivity contribution in [1.82, 2.24) is 14.8 Å². The summed E-state index contributed by atoms with van der Waals surface area (Å²) in [6.45, 7) is 1.57. The van der Waals surface area contributed by atoms with Gasteiger partial charge in [-0.2, -0.15) is 5.10 Å². The van der Waals surface area contributed by atoms with Gasteiger partial charge in [0, 0.05) is 0 Å². The highest BCUT2D eigenvalue weighted by atomic mass is 16.6. The molecule has 8 heteroatoms. The fourth-order valence-electron chi connectivity index (χ4n) is 1.41. The minimum atomic E-state index is -1.11. The van der Waals surface area contributed by atoms with Gasteiger partial charge in [0.05, 0.1) is 28.1 Å². The van der Waals surface area contributed by atoms with Crippen LogP contribution in [0.3, 0.4) is 0 Å². The van der Waals surface area contributed by atoms with Crippen LogP contribution in [-0.4, -0.2) is 30.8 Å². The number of pyridine rings is 1. The van der Waals surface area contributed by atoms with E-state index in [1.165, 1.54) is 23.1 Å². The number of nitro groups is 1. The number of nitrogens with zero attached hydrogens (tertiary/aromatic N) is 4. The Labute approximate surface area is 101 Å². The second-order valence-corrected chi connectivity index (χ2v) is 3.53. The average molecular weight is 248 g/mol. The summed E-state index contributed by atoms with van der Waals surface area (Å²) in [7, 11) is 0. The van der Waals surface area contributed by atoms with Crippen LogP contribution in [-0.2, 0) is 0 Å². The first kappa shape index (κ1) is 11.7. The summed E-state index contributed by atoms with van der Waals surface area (Å²) in [5.41, 5.74) is 0.581. The minimum absolute atomic E-state index is 0.0330. The molecule has 2 aromatic heterocycles. The van der Waals surface area contributed by atoms with Gasteiger partial charge < -0.3 is 5.11 Å². The van der Waals surface area contributed by atoms with Crippen LogP contribution in [0.15, 0.2) is 24.7 Å². The zero-order chi connectivity index (χ0) is 13.3. The van der Waals surface area contributed by atoms with Crippen molar-refractivity contribution >= 4 is 11.7 Å². The molecular formula is C10H8N4O4. The molecule has 0 aliphatic heterocycles. The molecule has 0 aromatic carbocycles. The van der Waals surface area contributed by atoms with Crippen molar-refractivity contribution < 1.29 is 14.8 Å². The molecule has 0 aliphatic carbocycles. The fraction of sp³-hybridized carbons (Fsp3) is 0.100. The monoisotopic (exact) mass is 248 g/mol. The summed E-state index contributed by atoms with van der Waals surface area (Å²) in [4.78, 5) is 24.8. The summed E-state index contributed by atoms with van der Waals surface area (Å²) < 4.78 is 1.21. The second kappa shape index (κ2) is 4.24. The van der Waals surface area contributed by atoms with E-state index in [1.54, 1.807) is 6.92 Å². The number of hydrogen-bond acceptors (Lipinski definition) is 5. The normalized spacial score (nSPS) is 10.3. The number of carboxylic acid groups (broad SMARTS) is 1. The molecule has 0 spiro atoms. The van der Waals surface area contributed by atoms with Crippen LogP contribution in [0, 0.1) is 17.0 Å². The van der Waals surface area contributed by atoms with Crippen molar-refractivity contribution in [2.24, 2.45) is 0 Å². The molecule has 0 saturated heterocycles. The molecule has 0 unspecified atom stereocenters. The number of aromatic nitrogens is 3. The summed E-state index contributed by atoms with van der Waals surface area (Å²) in [5, 5.41) is 23.2. The van der Waals surface area contributed by atoms with E-state index in [-0.39, 0.29) is 11.3 Å². The molecule has 2 heterocycles. The Hall–Kier alpha value is -2.77. The third-order valence-electron chi connectivity index (χ3n) is 2.35. The highest BCUT2D eigenvalue weighted by molar-refractivity contribution is 5.89. The SMILES string of the molecule is Cc1ncc(-n2cc([N+](=O)[O-])cn2)cc1C(=O)O. The van der Waals surface area contributed by atoms with Crippen molar-refractivity contribution in [3.05, 3.63) is 46.0 Å². The Morgan fingerprint density at radius 1 is 1.50 bits per heavy atom. The molecule has 0 radical (unpaired) electrons. The first-order chi connectivity index (χ1) is 8.49. The van der Waals surface area contributed by atoms with Crippen LogP contribution < -0.4 is 0 Å². The first-order valence-electron chi connectivity index (χ1n) is 4.88. The number of rotatable bonds is 3. The molecule has 0 fully saturated rings. The van der Waals surface area contributed by atoms with Crippen LogP contribution in [0.5, 0.6) is 0 Å². The highest BCUT2D eigenvalue weighted by Crippen LogP contribution is 2.15. The van der Waals surface area contributed by atoms with Crippen LogP contribution in [0.1, 0.15) is 16.1 Å². The van der Waals surface area contributed by atoms with Crippen LogP contribution in [0.25, 0.3) is 5.69 Å². The number of aromatic carboxylic acids is 1. The molecule has 0 bridgehead atoms. The van der Waals surface area contributed by atoms with Gasteiger partial charge in [-0.1, -0.05) is 0 Å². The van der Waals surface area contributed by atoms with E-state index >= 15 is 0 Å². The third kappa shape index (κ3) is 2.03. The Morgan fingerprint density at radius 2 is 2.22 bits per heavy atom. The van der Waals surface area contributed by atoms with Crippen molar-refractivity contribution in [2.45, 2.75) is 6.92 Å². The Balaban J connectivity index is 2.47. The molecule has 2 rings (SSSR count). The van der Waals surface area contributed by atoms with Crippen molar-refractivity contribution in [3.63, 3.8) is 0 Å². The molecule has 0 amide bonds. The standard InChI is InChI=1S/C10H8N4O4/c1-6-9(10(15)16)2-7(3-11-6)13-5-8(4-12-13)14(17)18/h2-5H,1H3,(H,15,16). The molecule has 1 N–H and O–H groups in total. The van der Waals surface area contributed by atoms with Gasteiger partial charge in [-0.05, 0) is 13.0 Å². The van der Waals surface area contributed by atoms with E-state index in [9.17, 15) is 14.9 Å². The number of carboxylic acids is 1. The number of carbonyl (C=O) groups is 1. The van der Waals surface area contributed by atoms with E-state index in [0.29, 0.717) is 11.4 Å². The molecule has 2 aromatic rings. The molecule has 8 nitrogen and oxygen atoms in total. The van der Waals surface area contributed by atoms with E-state index in [4.69, 9.17) is 5.11 Å². The zero-order valence-corrected chi connectivity index (χ0v) is 9.27. The van der Waals surface area contributed by atoms with Gasteiger partial charge in [0.1, 0.15) is 12.4 Å². The van der Waals surface area contributed by atoms with E-state index in [2.05, 4.69) is 10.1 Å². The summed E-state index contributed by atoms with van der Waals surface area (Å²) in [5.74, 6) is -1.11. The maximum atomic E-state index is 10.9. The van der Waals surface area contributed by atoms with Gasteiger partial charge >= 0.3 is 11.7 Å². The van der Waals surface area contributed by atoms with Crippen molar-refractivity contribution in [1.29, 1.82) is 0 Å². The number of hydrogen-bond donors (Lipinski definition) is 1. The topological polar surface area (TPSA) is 111 Å². The fourth-order valence-corrected chi connectivity index (χ4v) is 1.41. The molecular weight excluding hydrogens is 240 g/mol. The highest BCUT2D eigenvalue weighted by Gasteiger charge is 2.13. The Kier molecular flexibility index (Phi) is 2.76. The lowest BCUT2D eigenvalue weighted by Crippen LogP contribution is -2.05. The summed E-state index contributed by atoms with van der Waals surface area (Å²) >= 11 is 0. The quantitative estimate of drug-likeness (QED) is 0.644. The van der Waals surface area contributed by atoms with Gasteiger partial charge in [0.25, 0.3) is 0 Å². The van der Waals surface area contributed by atoms with E-state index < -0.39 is 10.9 Å². The van der Waals surface area contributed by atoms with Gasteiger partial charge in [0.2, 0.25) is 0 Å². The predicted molar refractivity (Wildman–Crippen MR) is 59.7 cm³/mol. The average Bonchev–Trinajstić information content (AvgIpc) is 2.78. The third-order valence-corrected chi connectivity index (χ3v) is 2.35. The number of aryl methyl sites for hydroxylation is 1. The Bertz CT molecular complexity index is 635. The lowest BCUT2D eigenvalue weighted by molar-refractivity contribution is -0.384. The summed E-state index contributed by atoms with van der Waals surface area (Å²) in [6, 6.07) is 1.36. The molecule has 92 valence electrons. The van der Waals surface area contributed by atoms with Crippen LogP contribution >= 0.6 is 0 Å². The molecule has 18 heavy (non-hydrogen) atoms. The zero-order valence-electron chi connectivity index (χ0n) is 9.27. The van der Waals surface area contributed by atoms with Gasteiger partial charge in [0.15, 0.2) is 0 Å². The maximum Gasteiger partial charge on any atom is 0.337 e. The molecule has 0 atom stereocenters. The lowest BCUT2D eigenvalue weighted by atomic mass is 10.2. The largest absolute Gasteiger partial charge is 0.478 e. The first-order valence-corrected chi connectivity index (χ1v) is 4.88. The van der Waals surface area contributed by atoms with Crippen molar-refractivity contribution in [2.75, 3.05) is 0 Å². The van der Waals surface area contributed by atoms with Gasteiger partial charge in [-0.15, -0.1) is 0 Å². The maximum absolute atomic E-state index is 10.9.